The van der Waals surface area contributed by atoms with Crippen molar-refractivity contribution >= 4 is 18.3 Å². The van der Waals surface area contributed by atoms with E-state index in [1.165, 1.54) is 0 Å². The van der Waals surface area contributed by atoms with Crippen molar-refractivity contribution in [3.8, 4) is 0 Å². The van der Waals surface area contributed by atoms with Gasteiger partial charge in [0.1, 0.15) is 11.7 Å². The molecule has 3 N–H and O–H groups in total. The Morgan fingerprint density at radius 3 is 2.64 bits per heavy atom. The monoisotopic (exact) mass is 310 g/mol. The second kappa shape index (κ2) is 8.33. The Bertz CT molecular complexity index is 506. The van der Waals surface area contributed by atoms with E-state index in [0.717, 1.165) is 11.5 Å². The number of aliphatic carboxylic acids is 1. The topological polar surface area (TPSA) is 111 Å². The van der Waals surface area contributed by atoms with E-state index in [9.17, 15) is 9.90 Å². The maximum atomic E-state index is 11.1. The number of nitrogens with zero attached hydrogens (tertiary/aromatic N) is 2. The number of aliphatic hydroxyl groups excluding tert-OH is 1. The van der Waals surface area contributed by atoms with E-state index >= 15 is 0 Å². The summed E-state index contributed by atoms with van der Waals surface area (Å²) in [6.07, 6.45) is -0.299. The van der Waals surface area contributed by atoms with Crippen molar-refractivity contribution in [2.45, 2.75) is 32.3 Å². The highest BCUT2D eigenvalue weighted by atomic mass is 16.4. The Morgan fingerprint density at radius 1 is 1.45 bits per heavy atom. The lowest BCUT2D eigenvalue weighted by Crippen LogP contribution is -2.46. The summed E-state index contributed by atoms with van der Waals surface area (Å²) in [5, 5.41) is 25.7. The number of carboxylic acid groups (broad SMARTS) is 2. The molecule has 1 aliphatic rings. The molecule has 0 radical (unpaired) electrons. The Labute approximate surface area is 129 Å². The fraction of sp³-hybridized carbons (Fsp3) is 0.533. The third kappa shape index (κ3) is 4.70. The van der Waals surface area contributed by atoms with Gasteiger partial charge in [-0.3, -0.25) is 9.59 Å². The quantitative estimate of drug-likeness (QED) is 0.719. The molecule has 2 heterocycles. The largest absolute Gasteiger partial charge is 0.483 e. The summed E-state index contributed by atoms with van der Waals surface area (Å²) in [6, 6.07) is 5.81. The predicted octanol–water partition coefficient (Wildman–Crippen LogP) is 1.18. The number of carboxylic acids is 1. The predicted molar refractivity (Wildman–Crippen MR) is 81.0 cm³/mol. The maximum absolute atomic E-state index is 11.1. The summed E-state index contributed by atoms with van der Waals surface area (Å²) in [7, 11) is 0. The summed E-state index contributed by atoms with van der Waals surface area (Å²) >= 11 is 0. The third-order valence-electron chi connectivity index (χ3n) is 3.56. The normalized spacial score (nSPS) is 21.0. The van der Waals surface area contributed by atoms with Crippen LogP contribution in [0, 0.1) is 5.92 Å². The summed E-state index contributed by atoms with van der Waals surface area (Å²) in [4.78, 5) is 26.0. The van der Waals surface area contributed by atoms with E-state index in [1.54, 1.807) is 0 Å². The van der Waals surface area contributed by atoms with Crippen LogP contribution in [0.3, 0.4) is 0 Å². The molecule has 1 saturated heterocycles. The minimum Gasteiger partial charge on any atom is -0.483 e. The van der Waals surface area contributed by atoms with Gasteiger partial charge in [-0.15, -0.1) is 0 Å². The number of anilines is 1. The second-order valence-corrected chi connectivity index (χ2v) is 5.43. The smallest absolute Gasteiger partial charge is 0.310 e. The summed E-state index contributed by atoms with van der Waals surface area (Å²) < 4.78 is 0. The van der Waals surface area contributed by atoms with Gasteiger partial charge in [-0.05, 0) is 24.5 Å². The molecule has 1 fully saturated rings. The fourth-order valence-corrected chi connectivity index (χ4v) is 2.33. The van der Waals surface area contributed by atoms with E-state index in [0.29, 0.717) is 25.4 Å². The lowest BCUT2D eigenvalue weighted by Gasteiger charge is -2.35. The third-order valence-corrected chi connectivity index (χ3v) is 3.56. The van der Waals surface area contributed by atoms with E-state index < -0.39 is 18.0 Å². The molecule has 0 bridgehead atoms. The van der Waals surface area contributed by atoms with Gasteiger partial charge in [0.2, 0.25) is 0 Å². The number of rotatable bonds is 3. The van der Waals surface area contributed by atoms with E-state index in [4.69, 9.17) is 15.0 Å². The van der Waals surface area contributed by atoms with Gasteiger partial charge in [-0.2, -0.15) is 0 Å². The molecule has 1 aromatic rings. The van der Waals surface area contributed by atoms with Crippen molar-refractivity contribution in [3.63, 3.8) is 0 Å². The standard InChI is InChI=1S/C14H20N2O3.CH2O2/c1-9(2)11-4-3-5-13(15-11)16-7-6-12(17)10(8-16)14(18)19;2-1-3/h3-5,9-10,12,17H,6-8H2,1-2H3,(H,18,19);1H,(H,2,3)/t10-,12+;/m0./s1. The summed E-state index contributed by atoms with van der Waals surface area (Å²) in [6.45, 7) is 4.85. The van der Waals surface area contributed by atoms with Gasteiger partial charge in [0.25, 0.3) is 6.47 Å². The highest BCUT2D eigenvalue weighted by molar-refractivity contribution is 5.72. The van der Waals surface area contributed by atoms with Gasteiger partial charge in [-0.1, -0.05) is 19.9 Å². The molecule has 2 rings (SSSR count). The van der Waals surface area contributed by atoms with Crippen molar-refractivity contribution in [2.75, 3.05) is 18.0 Å². The zero-order chi connectivity index (χ0) is 16.7. The first kappa shape index (κ1) is 17.9. The van der Waals surface area contributed by atoms with Crippen molar-refractivity contribution < 1.29 is 24.9 Å². The summed E-state index contributed by atoms with van der Waals surface area (Å²) in [5.74, 6) is -0.551. The van der Waals surface area contributed by atoms with Crippen LogP contribution in [0.2, 0.25) is 0 Å². The minimum absolute atomic E-state index is 0.250. The molecule has 7 nitrogen and oxygen atoms in total. The number of aliphatic hydroxyl groups is 1. The average Bonchev–Trinajstić information content (AvgIpc) is 2.48. The molecule has 0 saturated carbocycles. The lowest BCUT2D eigenvalue weighted by molar-refractivity contribution is -0.146. The SMILES string of the molecule is CC(C)c1cccc(N2CC[C@@H](O)[C@@H](C(=O)O)C2)n1.O=CO. The van der Waals surface area contributed by atoms with Gasteiger partial charge in [0, 0.05) is 18.8 Å². The molecule has 22 heavy (non-hydrogen) atoms. The zero-order valence-corrected chi connectivity index (χ0v) is 12.7. The molecular weight excluding hydrogens is 288 g/mol. The van der Waals surface area contributed by atoms with Gasteiger partial charge in [-0.25, -0.2) is 4.98 Å². The molecular formula is C15H22N2O5. The molecule has 0 unspecified atom stereocenters. The molecule has 0 spiro atoms. The average molecular weight is 310 g/mol. The lowest BCUT2D eigenvalue weighted by atomic mass is 9.95. The van der Waals surface area contributed by atoms with Crippen molar-refractivity contribution in [2.24, 2.45) is 5.92 Å². The molecule has 1 aromatic heterocycles. The first-order chi connectivity index (χ1) is 10.4. The molecule has 122 valence electrons. The van der Waals surface area contributed by atoms with Crippen LogP contribution in [-0.4, -0.2) is 51.9 Å². The van der Waals surface area contributed by atoms with Gasteiger partial charge < -0.3 is 20.2 Å². The van der Waals surface area contributed by atoms with E-state index in [-0.39, 0.29) is 6.47 Å². The van der Waals surface area contributed by atoms with Crippen LogP contribution in [0.25, 0.3) is 0 Å². The Kier molecular flexibility index (Phi) is 6.78. The Balaban J connectivity index is 0.000000745. The van der Waals surface area contributed by atoms with Crippen molar-refractivity contribution in [1.29, 1.82) is 0 Å². The fourth-order valence-electron chi connectivity index (χ4n) is 2.33. The zero-order valence-electron chi connectivity index (χ0n) is 12.7. The van der Waals surface area contributed by atoms with E-state index in [1.807, 2.05) is 23.1 Å². The number of carbonyl (C=O) groups is 2. The van der Waals surface area contributed by atoms with Crippen LogP contribution < -0.4 is 4.90 Å². The van der Waals surface area contributed by atoms with Crippen LogP contribution in [-0.2, 0) is 9.59 Å². The molecule has 2 atom stereocenters. The highest BCUT2D eigenvalue weighted by Crippen LogP contribution is 2.24. The molecule has 1 aliphatic heterocycles. The first-order valence-corrected chi connectivity index (χ1v) is 7.11. The number of pyridine rings is 1. The number of aromatic nitrogens is 1. The molecule has 0 aromatic carbocycles. The van der Waals surface area contributed by atoms with Crippen LogP contribution in [0.4, 0.5) is 5.82 Å². The van der Waals surface area contributed by atoms with Crippen LogP contribution in [0.5, 0.6) is 0 Å². The van der Waals surface area contributed by atoms with Crippen molar-refractivity contribution in [3.05, 3.63) is 23.9 Å². The van der Waals surface area contributed by atoms with Gasteiger partial charge >= 0.3 is 5.97 Å². The minimum atomic E-state index is -0.947. The van der Waals surface area contributed by atoms with Crippen molar-refractivity contribution in [1.82, 2.24) is 4.98 Å². The first-order valence-electron chi connectivity index (χ1n) is 7.11. The van der Waals surface area contributed by atoms with Crippen LogP contribution >= 0.6 is 0 Å². The molecule has 0 aliphatic carbocycles. The molecule has 7 heteroatoms. The second-order valence-electron chi connectivity index (χ2n) is 5.43. The molecule has 0 amide bonds. The maximum Gasteiger partial charge on any atom is 0.310 e. The Morgan fingerprint density at radius 2 is 2.09 bits per heavy atom. The number of hydrogen-bond acceptors (Lipinski definition) is 5. The number of piperidine rings is 1. The summed E-state index contributed by atoms with van der Waals surface area (Å²) in [5.41, 5.74) is 0.996. The van der Waals surface area contributed by atoms with Gasteiger partial charge in [0.05, 0.1) is 6.10 Å². The van der Waals surface area contributed by atoms with Gasteiger partial charge in [0.15, 0.2) is 0 Å². The number of hydrogen-bond donors (Lipinski definition) is 3. The van der Waals surface area contributed by atoms with Crippen LogP contribution in [0.15, 0.2) is 18.2 Å². The Hall–Kier alpha value is -2.15. The van der Waals surface area contributed by atoms with E-state index in [2.05, 4.69) is 18.8 Å². The highest BCUT2D eigenvalue weighted by Gasteiger charge is 2.33. The van der Waals surface area contributed by atoms with Crippen LogP contribution in [0.1, 0.15) is 31.9 Å².